The summed E-state index contributed by atoms with van der Waals surface area (Å²) in [5.74, 6) is -0.907. The third-order valence-corrected chi connectivity index (χ3v) is 7.14. The van der Waals surface area contributed by atoms with Crippen LogP contribution < -0.4 is 10.2 Å². The van der Waals surface area contributed by atoms with Gasteiger partial charge in [-0.15, -0.1) is 0 Å². The highest BCUT2D eigenvalue weighted by atomic mass is 79.9. The van der Waals surface area contributed by atoms with Crippen LogP contribution in [-0.4, -0.2) is 32.5 Å². The topological polar surface area (TPSA) is 83.6 Å². The van der Waals surface area contributed by atoms with Crippen molar-refractivity contribution < 1.29 is 18.0 Å². The van der Waals surface area contributed by atoms with E-state index in [9.17, 15) is 18.0 Å². The van der Waals surface area contributed by atoms with E-state index in [1.165, 1.54) is 17.9 Å². The zero-order chi connectivity index (χ0) is 21.2. The van der Waals surface area contributed by atoms with E-state index in [-0.39, 0.29) is 28.9 Å². The maximum absolute atomic E-state index is 13.0. The summed E-state index contributed by atoms with van der Waals surface area (Å²) in [5, 5.41) is 3.32. The molecule has 0 atom stereocenters. The third-order valence-electron chi connectivity index (χ3n) is 4.71. The Kier molecular flexibility index (Phi) is 6.65. The van der Waals surface area contributed by atoms with E-state index in [1.54, 1.807) is 24.3 Å². The molecule has 0 saturated carbocycles. The van der Waals surface area contributed by atoms with Crippen molar-refractivity contribution in [1.29, 1.82) is 0 Å². The number of hydrogen-bond donors (Lipinski definition) is 1. The summed E-state index contributed by atoms with van der Waals surface area (Å²) in [6.07, 6.45) is 0.426. The first-order valence-corrected chi connectivity index (χ1v) is 11.8. The van der Waals surface area contributed by atoms with Gasteiger partial charge in [0, 0.05) is 35.9 Å². The number of fused-ring (bicyclic) bond motifs is 1. The zero-order valence-corrected chi connectivity index (χ0v) is 18.9. The molecule has 0 bridgehead atoms. The van der Waals surface area contributed by atoms with Crippen molar-refractivity contribution in [3.05, 3.63) is 57.0 Å². The number of sulfone groups is 1. The molecule has 154 valence electrons. The molecule has 0 fully saturated rings. The fourth-order valence-electron chi connectivity index (χ4n) is 3.25. The van der Waals surface area contributed by atoms with Gasteiger partial charge in [-0.2, -0.15) is 0 Å². The molecule has 2 aromatic rings. The van der Waals surface area contributed by atoms with E-state index in [2.05, 4.69) is 21.2 Å². The van der Waals surface area contributed by atoms with E-state index in [4.69, 9.17) is 11.6 Å². The van der Waals surface area contributed by atoms with Gasteiger partial charge in [-0.1, -0.05) is 39.7 Å². The molecular formula is C20H20BrClN2O4S. The summed E-state index contributed by atoms with van der Waals surface area (Å²) >= 11 is 9.18. The number of hydrogen-bond acceptors (Lipinski definition) is 4. The minimum absolute atomic E-state index is 0.0834. The van der Waals surface area contributed by atoms with Gasteiger partial charge in [-0.25, -0.2) is 8.42 Å². The number of nitrogens with zero attached hydrogens (tertiary/aromatic N) is 1. The maximum Gasteiger partial charge on any atom is 0.223 e. The lowest BCUT2D eigenvalue weighted by Gasteiger charge is -2.19. The molecule has 1 aliphatic heterocycles. The highest BCUT2D eigenvalue weighted by Crippen LogP contribution is 2.38. The monoisotopic (exact) mass is 498 g/mol. The minimum atomic E-state index is -3.76. The van der Waals surface area contributed by atoms with E-state index in [0.29, 0.717) is 34.7 Å². The molecule has 1 N–H and O–H groups in total. The number of nitrogens with one attached hydrogen (secondary N) is 1. The van der Waals surface area contributed by atoms with E-state index in [0.717, 1.165) is 11.1 Å². The Morgan fingerprint density at radius 1 is 1.21 bits per heavy atom. The third kappa shape index (κ3) is 5.18. The summed E-state index contributed by atoms with van der Waals surface area (Å²) in [7, 11) is -3.76. The van der Waals surface area contributed by atoms with Crippen LogP contribution in [0.15, 0.2) is 45.8 Å². The van der Waals surface area contributed by atoms with Crippen LogP contribution in [0.2, 0.25) is 5.02 Å². The van der Waals surface area contributed by atoms with Gasteiger partial charge in [0.1, 0.15) is 0 Å². The normalized spacial score (nSPS) is 13.3. The molecule has 1 heterocycles. The number of halogens is 2. The molecule has 0 saturated heterocycles. The van der Waals surface area contributed by atoms with Crippen molar-refractivity contribution in [2.75, 3.05) is 17.2 Å². The van der Waals surface area contributed by atoms with E-state index >= 15 is 0 Å². The van der Waals surface area contributed by atoms with Crippen molar-refractivity contribution in [1.82, 2.24) is 5.32 Å². The maximum atomic E-state index is 13.0. The van der Waals surface area contributed by atoms with Crippen LogP contribution in [0.5, 0.6) is 0 Å². The predicted octanol–water partition coefficient (Wildman–Crippen LogP) is 3.49. The second-order valence-corrected chi connectivity index (χ2v) is 10.2. The lowest BCUT2D eigenvalue weighted by molar-refractivity contribution is -0.121. The van der Waals surface area contributed by atoms with Gasteiger partial charge in [0.15, 0.2) is 9.84 Å². The number of carbonyl (C=O) groups is 2. The molecule has 0 aromatic heterocycles. The lowest BCUT2D eigenvalue weighted by atomic mass is 10.2. The Balaban J connectivity index is 1.71. The van der Waals surface area contributed by atoms with Gasteiger partial charge >= 0.3 is 0 Å². The van der Waals surface area contributed by atoms with Crippen LogP contribution in [-0.2, 0) is 32.4 Å². The average molecular weight is 500 g/mol. The molecule has 6 nitrogen and oxygen atoms in total. The van der Waals surface area contributed by atoms with Crippen molar-refractivity contribution in [2.24, 2.45) is 0 Å². The molecule has 2 amide bonds. The number of anilines is 1. The van der Waals surface area contributed by atoms with Crippen molar-refractivity contribution in [3.8, 4) is 0 Å². The smallest absolute Gasteiger partial charge is 0.223 e. The second-order valence-electron chi connectivity index (χ2n) is 6.80. The Labute approximate surface area is 183 Å². The summed E-state index contributed by atoms with van der Waals surface area (Å²) in [5.41, 5.74) is 2.11. The standard InChI is InChI=1S/C20H20BrClN2O4S/c1-13(25)24-8-6-15-10-16(21)11-18(20(15)24)29(27,28)9-7-19(26)23-12-14-2-4-17(22)5-3-14/h2-5,10-11H,6-9,12H2,1H3,(H,23,26). The van der Waals surface area contributed by atoms with Gasteiger partial charge in [-0.05, 0) is 41.8 Å². The highest BCUT2D eigenvalue weighted by Gasteiger charge is 2.31. The van der Waals surface area contributed by atoms with Gasteiger partial charge in [0.2, 0.25) is 11.8 Å². The predicted molar refractivity (Wildman–Crippen MR) is 116 cm³/mol. The quantitative estimate of drug-likeness (QED) is 0.659. The first-order valence-electron chi connectivity index (χ1n) is 9.02. The van der Waals surface area contributed by atoms with Crippen LogP contribution in [0.4, 0.5) is 5.69 Å². The molecular weight excluding hydrogens is 480 g/mol. The molecule has 0 radical (unpaired) electrons. The van der Waals surface area contributed by atoms with Crippen LogP contribution in [0, 0.1) is 0 Å². The van der Waals surface area contributed by atoms with Crippen LogP contribution in [0.3, 0.4) is 0 Å². The number of benzene rings is 2. The summed E-state index contributed by atoms with van der Waals surface area (Å²) in [6.45, 7) is 2.16. The van der Waals surface area contributed by atoms with Crippen LogP contribution in [0.1, 0.15) is 24.5 Å². The molecule has 0 spiro atoms. The SMILES string of the molecule is CC(=O)N1CCc2cc(Br)cc(S(=O)(=O)CCC(=O)NCc3ccc(Cl)cc3)c21. The number of rotatable bonds is 6. The first kappa shape index (κ1) is 21.8. The Hall–Kier alpha value is -1.90. The fourth-order valence-corrected chi connectivity index (χ4v) is 5.55. The minimum Gasteiger partial charge on any atom is -0.352 e. The Bertz CT molecular complexity index is 1050. The Morgan fingerprint density at radius 2 is 1.90 bits per heavy atom. The second kappa shape index (κ2) is 8.85. The fraction of sp³-hybridized carbons (Fsp3) is 0.300. The Morgan fingerprint density at radius 3 is 2.55 bits per heavy atom. The van der Waals surface area contributed by atoms with Gasteiger partial charge < -0.3 is 10.2 Å². The molecule has 0 aliphatic carbocycles. The molecule has 29 heavy (non-hydrogen) atoms. The van der Waals surface area contributed by atoms with Crippen LogP contribution in [0.25, 0.3) is 0 Å². The van der Waals surface area contributed by atoms with Crippen molar-refractivity contribution in [3.63, 3.8) is 0 Å². The van der Waals surface area contributed by atoms with Gasteiger partial charge in [0.05, 0.1) is 16.3 Å². The molecule has 2 aromatic carbocycles. The first-order chi connectivity index (χ1) is 13.7. The highest BCUT2D eigenvalue weighted by molar-refractivity contribution is 9.10. The van der Waals surface area contributed by atoms with Crippen LogP contribution >= 0.6 is 27.5 Å². The van der Waals surface area contributed by atoms with Crippen molar-refractivity contribution >= 4 is 54.9 Å². The van der Waals surface area contributed by atoms with Crippen molar-refractivity contribution in [2.45, 2.75) is 31.2 Å². The van der Waals surface area contributed by atoms with E-state index < -0.39 is 9.84 Å². The molecule has 1 aliphatic rings. The molecule has 3 rings (SSSR count). The lowest BCUT2D eigenvalue weighted by Crippen LogP contribution is -2.28. The molecule has 0 unspecified atom stereocenters. The number of carbonyl (C=O) groups excluding carboxylic acids is 2. The summed E-state index contributed by atoms with van der Waals surface area (Å²) < 4.78 is 26.6. The summed E-state index contributed by atoms with van der Waals surface area (Å²) in [6, 6.07) is 10.4. The summed E-state index contributed by atoms with van der Waals surface area (Å²) in [4.78, 5) is 25.7. The number of amides is 2. The largest absolute Gasteiger partial charge is 0.352 e. The molecule has 9 heteroatoms. The van der Waals surface area contributed by atoms with Gasteiger partial charge in [0.25, 0.3) is 0 Å². The van der Waals surface area contributed by atoms with Gasteiger partial charge in [-0.3, -0.25) is 9.59 Å². The average Bonchev–Trinajstić information content (AvgIpc) is 3.09. The zero-order valence-electron chi connectivity index (χ0n) is 15.7. The van der Waals surface area contributed by atoms with E-state index in [1.807, 2.05) is 6.07 Å².